The summed E-state index contributed by atoms with van der Waals surface area (Å²) in [5.41, 5.74) is 7.18. The zero-order chi connectivity index (χ0) is 10.3. The molecule has 2 rings (SSSR count). The molecule has 2 heterocycles. The molecule has 74 valence electrons. The van der Waals surface area contributed by atoms with Gasteiger partial charge in [0.25, 0.3) is 0 Å². The maximum atomic E-state index is 5.65. The van der Waals surface area contributed by atoms with Crippen LogP contribution in [0.25, 0.3) is 11.2 Å². The number of nitrogens with zero attached hydrogens (tertiary/aromatic N) is 2. The van der Waals surface area contributed by atoms with E-state index in [2.05, 4.69) is 15.0 Å². The maximum absolute atomic E-state index is 5.65. The van der Waals surface area contributed by atoms with Crippen molar-refractivity contribution in [1.82, 2.24) is 15.0 Å². The van der Waals surface area contributed by atoms with Crippen LogP contribution in [0.3, 0.4) is 0 Å². The van der Waals surface area contributed by atoms with Gasteiger partial charge in [0.1, 0.15) is 0 Å². The smallest absolute Gasteiger partial charge is 0.248 e. The molecule has 0 aromatic carbocycles. The SMILES string of the molecule is Nc1cnc2nc(C(Cl)(Cl)Cl)[nH]c2c1. The number of anilines is 1. The van der Waals surface area contributed by atoms with Crippen molar-refractivity contribution in [2.75, 3.05) is 5.73 Å². The molecule has 0 amide bonds. The Bertz CT molecular complexity index is 473. The van der Waals surface area contributed by atoms with E-state index in [9.17, 15) is 0 Å². The topological polar surface area (TPSA) is 67.6 Å². The molecule has 0 aliphatic carbocycles. The van der Waals surface area contributed by atoms with Gasteiger partial charge >= 0.3 is 0 Å². The van der Waals surface area contributed by atoms with Gasteiger partial charge in [-0.15, -0.1) is 0 Å². The van der Waals surface area contributed by atoms with E-state index in [4.69, 9.17) is 40.5 Å². The van der Waals surface area contributed by atoms with Crippen LogP contribution in [0.2, 0.25) is 0 Å². The zero-order valence-corrected chi connectivity index (χ0v) is 9.03. The number of pyridine rings is 1. The summed E-state index contributed by atoms with van der Waals surface area (Å²) < 4.78 is -1.57. The van der Waals surface area contributed by atoms with Crippen molar-refractivity contribution in [3.8, 4) is 0 Å². The number of halogens is 3. The molecular formula is C7H5Cl3N4. The molecule has 4 nitrogen and oxygen atoms in total. The number of aromatic amines is 1. The summed E-state index contributed by atoms with van der Waals surface area (Å²) in [6.45, 7) is 0. The van der Waals surface area contributed by atoms with Crippen molar-refractivity contribution in [3.63, 3.8) is 0 Å². The summed E-state index contributed by atoms with van der Waals surface area (Å²) in [6, 6.07) is 1.68. The number of nitrogens with one attached hydrogen (secondary N) is 1. The molecule has 7 heteroatoms. The zero-order valence-electron chi connectivity index (χ0n) is 6.76. The van der Waals surface area contributed by atoms with Crippen molar-refractivity contribution < 1.29 is 0 Å². The highest BCUT2D eigenvalue weighted by Crippen LogP contribution is 2.36. The Labute approximate surface area is 94.4 Å². The standard InChI is InChI=1S/C7H5Cl3N4/c8-7(9,10)6-13-4-1-3(11)2-12-5(4)14-6/h1-2H,11H2,(H,12,13,14). The van der Waals surface area contributed by atoms with E-state index in [0.717, 1.165) is 0 Å². The molecular weight excluding hydrogens is 246 g/mol. The van der Waals surface area contributed by atoms with Crippen LogP contribution < -0.4 is 5.73 Å². The lowest BCUT2D eigenvalue weighted by atomic mass is 10.4. The monoisotopic (exact) mass is 250 g/mol. The van der Waals surface area contributed by atoms with Crippen molar-refractivity contribution in [3.05, 3.63) is 18.1 Å². The molecule has 0 atom stereocenters. The van der Waals surface area contributed by atoms with E-state index >= 15 is 0 Å². The number of fused-ring (bicyclic) bond motifs is 1. The predicted molar refractivity (Wildman–Crippen MR) is 57.5 cm³/mol. The van der Waals surface area contributed by atoms with Crippen molar-refractivity contribution in [2.24, 2.45) is 0 Å². The van der Waals surface area contributed by atoms with Crippen LogP contribution in [0.4, 0.5) is 5.69 Å². The number of hydrogen-bond acceptors (Lipinski definition) is 3. The van der Waals surface area contributed by atoms with Crippen LogP contribution in [0.15, 0.2) is 12.3 Å². The molecule has 0 radical (unpaired) electrons. The van der Waals surface area contributed by atoms with Gasteiger partial charge in [0.15, 0.2) is 11.5 Å². The van der Waals surface area contributed by atoms with E-state index < -0.39 is 3.79 Å². The summed E-state index contributed by atoms with van der Waals surface area (Å²) >= 11 is 16.9. The second-order valence-electron chi connectivity index (χ2n) is 2.72. The molecule has 0 fully saturated rings. The van der Waals surface area contributed by atoms with Crippen molar-refractivity contribution in [1.29, 1.82) is 0 Å². The van der Waals surface area contributed by atoms with Gasteiger partial charge in [0.05, 0.1) is 17.4 Å². The Morgan fingerprint density at radius 2 is 2.07 bits per heavy atom. The number of imidazole rings is 1. The maximum Gasteiger partial charge on any atom is 0.248 e. The van der Waals surface area contributed by atoms with Gasteiger partial charge in [0, 0.05) is 0 Å². The first-order valence-electron chi connectivity index (χ1n) is 3.65. The molecule has 0 bridgehead atoms. The third-order valence-electron chi connectivity index (χ3n) is 1.63. The van der Waals surface area contributed by atoms with Gasteiger partial charge in [-0.2, -0.15) is 0 Å². The predicted octanol–water partition coefficient (Wildman–Crippen LogP) is 2.37. The normalized spacial score (nSPS) is 12.2. The molecule has 2 aromatic rings. The number of rotatable bonds is 0. The van der Waals surface area contributed by atoms with E-state index in [1.807, 2.05) is 0 Å². The van der Waals surface area contributed by atoms with Crippen LogP contribution in [-0.2, 0) is 3.79 Å². The number of nitrogen functional groups attached to an aromatic ring is 1. The average molecular weight is 252 g/mol. The van der Waals surface area contributed by atoms with Crippen LogP contribution in [0.5, 0.6) is 0 Å². The minimum Gasteiger partial charge on any atom is -0.397 e. The van der Waals surface area contributed by atoms with Crippen molar-refractivity contribution >= 4 is 51.7 Å². The van der Waals surface area contributed by atoms with E-state index in [1.165, 1.54) is 6.20 Å². The van der Waals surface area contributed by atoms with E-state index in [0.29, 0.717) is 16.9 Å². The molecule has 0 aliphatic heterocycles. The minimum atomic E-state index is -1.57. The second kappa shape index (κ2) is 3.15. The average Bonchev–Trinajstić information content (AvgIpc) is 2.45. The third-order valence-corrected chi connectivity index (χ3v) is 2.16. The number of hydrogen-bond donors (Lipinski definition) is 2. The number of alkyl halides is 3. The summed E-state index contributed by atoms with van der Waals surface area (Å²) in [6.07, 6.45) is 1.49. The fourth-order valence-corrected chi connectivity index (χ4v) is 1.32. The first-order chi connectivity index (χ1) is 6.47. The highest BCUT2D eigenvalue weighted by Gasteiger charge is 2.27. The summed E-state index contributed by atoms with van der Waals surface area (Å²) in [4.78, 5) is 10.8. The molecule has 2 aromatic heterocycles. The molecule has 0 saturated carbocycles. The first kappa shape index (κ1) is 9.83. The number of nitrogens with two attached hydrogens (primary N) is 1. The van der Waals surface area contributed by atoms with Gasteiger partial charge in [-0.05, 0) is 6.07 Å². The van der Waals surface area contributed by atoms with Crippen LogP contribution in [-0.4, -0.2) is 15.0 Å². The number of aromatic nitrogens is 3. The lowest BCUT2D eigenvalue weighted by Gasteiger charge is -2.04. The van der Waals surface area contributed by atoms with Gasteiger partial charge in [-0.25, -0.2) is 9.97 Å². The van der Waals surface area contributed by atoms with E-state index in [-0.39, 0.29) is 5.82 Å². The number of H-pyrrole nitrogens is 1. The quantitative estimate of drug-likeness (QED) is 0.706. The van der Waals surface area contributed by atoms with Gasteiger partial charge in [-0.1, -0.05) is 34.8 Å². The lowest BCUT2D eigenvalue weighted by molar-refractivity contribution is 1.04. The molecule has 14 heavy (non-hydrogen) atoms. The fourth-order valence-electron chi connectivity index (χ4n) is 1.05. The van der Waals surface area contributed by atoms with Gasteiger partial charge in [-0.3, -0.25) is 0 Å². The van der Waals surface area contributed by atoms with Gasteiger partial charge < -0.3 is 10.7 Å². The highest BCUT2D eigenvalue weighted by molar-refractivity contribution is 6.66. The minimum absolute atomic E-state index is 0.232. The molecule has 0 saturated heterocycles. The summed E-state index contributed by atoms with van der Waals surface area (Å²) in [7, 11) is 0. The highest BCUT2D eigenvalue weighted by atomic mass is 35.6. The van der Waals surface area contributed by atoms with Crippen LogP contribution in [0.1, 0.15) is 5.82 Å². The molecule has 3 N–H and O–H groups in total. The Balaban J connectivity index is 2.63. The van der Waals surface area contributed by atoms with Crippen LogP contribution >= 0.6 is 34.8 Å². The lowest BCUT2D eigenvalue weighted by Crippen LogP contribution is -2.02. The largest absolute Gasteiger partial charge is 0.397 e. The van der Waals surface area contributed by atoms with Crippen molar-refractivity contribution in [2.45, 2.75) is 3.79 Å². The first-order valence-corrected chi connectivity index (χ1v) is 4.78. The Hall–Kier alpha value is -0.710. The van der Waals surface area contributed by atoms with Crippen LogP contribution in [0, 0.1) is 0 Å². The third kappa shape index (κ3) is 1.73. The second-order valence-corrected chi connectivity index (χ2v) is 5.00. The Kier molecular flexibility index (Phi) is 2.21. The van der Waals surface area contributed by atoms with Gasteiger partial charge in [0.2, 0.25) is 3.79 Å². The summed E-state index contributed by atoms with van der Waals surface area (Å²) in [5, 5.41) is 0. The molecule has 0 spiro atoms. The summed E-state index contributed by atoms with van der Waals surface area (Å²) in [5.74, 6) is 0.232. The molecule has 0 unspecified atom stereocenters. The Morgan fingerprint density at radius 3 is 2.71 bits per heavy atom. The van der Waals surface area contributed by atoms with E-state index in [1.54, 1.807) is 6.07 Å². The Morgan fingerprint density at radius 1 is 1.36 bits per heavy atom. The molecule has 0 aliphatic rings. The fraction of sp³-hybridized carbons (Fsp3) is 0.143.